The molecular weight excluding hydrogens is 274 g/mol. The van der Waals surface area contributed by atoms with Crippen LogP contribution in [0, 0.1) is 0 Å². The number of thioether (sulfide) groups is 1. The van der Waals surface area contributed by atoms with Crippen molar-refractivity contribution in [2.45, 2.75) is 45.1 Å². The van der Waals surface area contributed by atoms with Gasteiger partial charge in [-0.15, -0.1) is 23.1 Å². The number of nitrogens with zero attached hydrogens (tertiary/aromatic N) is 2. The highest BCUT2D eigenvalue weighted by atomic mass is 32.2. The van der Waals surface area contributed by atoms with Crippen LogP contribution >= 0.6 is 23.1 Å². The van der Waals surface area contributed by atoms with E-state index in [4.69, 9.17) is 0 Å². The van der Waals surface area contributed by atoms with Crippen LogP contribution in [-0.2, 0) is 6.42 Å². The van der Waals surface area contributed by atoms with Crippen molar-refractivity contribution in [3.8, 4) is 0 Å². The molecule has 2 aromatic heterocycles. The molecule has 5 heteroatoms. The average molecular weight is 295 g/mol. The fourth-order valence-corrected chi connectivity index (χ4v) is 3.90. The molecule has 0 aliphatic carbocycles. The molecule has 0 unspecified atom stereocenters. The Hall–Kier alpha value is -0.810. The number of thiophene rings is 1. The van der Waals surface area contributed by atoms with E-state index in [-0.39, 0.29) is 0 Å². The Morgan fingerprint density at radius 1 is 1.26 bits per heavy atom. The van der Waals surface area contributed by atoms with Gasteiger partial charge >= 0.3 is 0 Å². The van der Waals surface area contributed by atoms with Gasteiger partial charge in [0, 0.05) is 16.8 Å². The SMILES string of the molecule is CCCCSc1nc(NCC)nc2sc(CC)cc12. The normalized spacial score (nSPS) is 11.1. The van der Waals surface area contributed by atoms with Crippen LogP contribution in [0.5, 0.6) is 0 Å². The standard InChI is InChI=1S/C14H21N3S2/c1-4-7-8-18-12-11-9-10(5-2)19-13(11)17-14(16-12)15-6-3/h9H,4-8H2,1-3H3,(H,15,16,17). The van der Waals surface area contributed by atoms with Crippen molar-refractivity contribution in [2.24, 2.45) is 0 Å². The van der Waals surface area contributed by atoms with Gasteiger partial charge in [0.25, 0.3) is 0 Å². The van der Waals surface area contributed by atoms with Crippen LogP contribution in [0.4, 0.5) is 5.95 Å². The van der Waals surface area contributed by atoms with Crippen LogP contribution in [0.3, 0.4) is 0 Å². The topological polar surface area (TPSA) is 37.8 Å². The van der Waals surface area contributed by atoms with Crippen molar-refractivity contribution in [1.29, 1.82) is 0 Å². The minimum Gasteiger partial charge on any atom is -0.354 e. The molecule has 0 spiro atoms. The fraction of sp³-hybridized carbons (Fsp3) is 0.571. The first-order chi connectivity index (χ1) is 9.28. The molecule has 0 bridgehead atoms. The van der Waals surface area contributed by atoms with Crippen LogP contribution in [0.2, 0.25) is 0 Å². The maximum atomic E-state index is 4.66. The Morgan fingerprint density at radius 3 is 2.79 bits per heavy atom. The Bertz CT molecular complexity index is 537. The predicted octanol–water partition coefficient (Wildman–Crippen LogP) is 4.58. The van der Waals surface area contributed by atoms with Crippen molar-refractivity contribution < 1.29 is 0 Å². The predicted molar refractivity (Wildman–Crippen MR) is 86.6 cm³/mol. The van der Waals surface area contributed by atoms with Gasteiger partial charge in [-0.1, -0.05) is 20.3 Å². The number of unbranched alkanes of at least 4 members (excludes halogenated alkanes) is 1. The van der Waals surface area contributed by atoms with Crippen LogP contribution in [-0.4, -0.2) is 22.3 Å². The quantitative estimate of drug-likeness (QED) is 0.461. The molecule has 0 atom stereocenters. The zero-order valence-corrected chi connectivity index (χ0v) is 13.5. The van der Waals surface area contributed by atoms with E-state index in [0.717, 1.165) is 34.5 Å². The summed E-state index contributed by atoms with van der Waals surface area (Å²) in [7, 11) is 0. The lowest BCUT2D eigenvalue weighted by atomic mass is 10.3. The first-order valence-electron chi connectivity index (χ1n) is 6.95. The van der Waals surface area contributed by atoms with E-state index in [2.05, 4.69) is 42.1 Å². The summed E-state index contributed by atoms with van der Waals surface area (Å²) in [5.41, 5.74) is 0. The first-order valence-corrected chi connectivity index (χ1v) is 8.75. The summed E-state index contributed by atoms with van der Waals surface area (Å²) < 4.78 is 0. The van der Waals surface area contributed by atoms with Gasteiger partial charge in [-0.05, 0) is 31.6 Å². The third kappa shape index (κ3) is 3.60. The molecule has 2 aromatic rings. The van der Waals surface area contributed by atoms with E-state index in [1.165, 1.54) is 23.1 Å². The Morgan fingerprint density at radius 2 is 2.11 bits per heavy atom. The molecule has 19 heavy (non-hydrogen) atoms. The van der Waals surface area contributed by atoms with E-state index in [1.54, 1.807) is 11.3 Å². The lowest BCUT2D eigenvalue weighted by Crippen LogP contribution is -2.02. The zero-order valence-electron chi connectivity index (χ0n) is 11.8. The van der Waals surface area contributed by atoms with Gasteiger partial charge < -0.3 is 5.32 Å². The summed E-state index contributed by atoms with van der Waals surface area (Å²) in [5, 5.41) is 5.59. The van der Waals surface area contributed by atoms with Gasteiger partial charge in [-0.2, -0.15) is 0 Å². The molecule has 0 radical (unpaired) electrons. The molecule has 2 heterocycles. The molecule has 0 aliphatic rings. The van der Waals surface area contributed by atoms with Gasteiger partial charge in [0.1, 0.15) is 9.86 Å². The van der Waals surface area contributed by atoms with Crippen LogP contribution < -0.4 is 5.32 Å². The van der Waals surface area contributed by atoms with Crippen molar-refractivity contribution in [1.82, 2.24) is 9.97 Å². The van der Waals surface area contributed by atoms with E-state index in [9.17, 15) is 0 Å². The lowest BCUT2D eigenvalue weighted by Gasteiger charge is -2.06. The van der Waals surface area contributed by atoms with E-state index in [0.29, 0.717) is 0 Å². The molecule has 0 aliphatic heterocycles. The minimum atomic E-state index is 0.763. The maximum absolute atomic E-state index is 4.66. The molecular formula is C14H21N3S2. The molecule has 0 aromatic carbocycles. The summed E-state index contributed by atoms with van der Waals surface area (Å²) in [6.45, 7) is 7.34. The van der Waals surface area contributed by atoms with E-state index < -0.39 is 0 Å². The van der Waals surface area contributed by atoms with Gasteiger partial charge in [0.05, 0.1) is 0 Å². The van der Waals surface area contributed by atoms with Crippen molar-refractivity contribution in [2.75, 3.05) is 17.6 Å². The molecule has 3 nitrogen and oxygen atoms in total. The summed E-state index contributed by atoms with van der Waals surface area (Å²) >= 11 is 3.64. The number of aromatic nitrogens is 2. The highest BCUT2D eigenvalue weighted by Crippen LogP contribution is 2.33. The monoisotopic (exact) mass is 295 g/mol. The highest BCUT2D eigenvalue weighted by molar-refractivity contribution is 7.99. The second kappa shape index (κ2) is 7.10. The van der Waals surface area contributed by atoms with Crippen LogP contribution in [0.15, 0.2) is 11.1 Å². The van der Waals surface area contributed by atoms with Gasteiger partial charge in [0.15, 0.2) is 0 Å². The van der Waals surface area contributed by atoms with Crippen molar-refractivity contribution in [3.05, 3.63) is 10.9 Å². The second-order valence-corrected chi connectivity index (χ2v) is 6.57. The van der Waals surface area contributed by atoms with Crippen LogP contribution in [0.25, 0.3) is 10.2 Å². The Labute approximate surface area is 123 Å². The fourth-order valence-electron chi connectivity index (χ4n) is 1.78. The summed E-state index contributed by atoms with van der Waals surface area (Å²) in [6, 6.07) is 2.25. The Kier molecular flexibility index (Phi) is 5.45. The summed E-state index contributed by atoms with van der Waals surface area (Å²) in [5.74, 6) is 1.89. The zero-order chi connectivity index (χ0) is 13.7. The second-order valence-electron chi connectivity index (χ2n) is 4.37. The average Bonchev–Trinajstić information content (AvgIpc) is 2.82. The highest BCUT2D eigenvalue weighted by Gasteiger charge is 2.11. The number of hydrogen-bond acceptors (Lipinski definition) is 5. The van der Waals surface area contributed by atoms with Gasteiger partial charge in [-0.3, -0.25) is 0 Å². The molecule has 0 saturated carbocycles. The van der Waals surface area contributed by atoms with Gasteiger partial charge in [0.2, 0.25) is 5.95 Å². The third-order valence-electron chi connectivity index (χ3n) is 2.83. The van der Waals surface area contributed by atoms with Crippen molar-refractivity contribution in [3.63, 3.8) is 0 Å². The molecule has 0 fully saturated rings. The van der Waals surface area contributed by atoms with E-state index in [1.807, 2.05) is 11.8 Å². The lowest BCUT2D eigenvalue weighted by molar-refractivity contribution is 0.895. The minimum absolute atomic E-state index is 0.763. The summed E-state index contributed by atoms with van der Waals surface area (Å²) in [6.07, 6.45) is 3.53. The smallest absolute Gasteiger partial charge is 0.225 e. The number of aryl methyl sites for hydroxylation is 1. The first kappa shape index (κ1) is 14.6. The van der Waals surface area contributed by atoms with E-state index >= 15 is 0 Å². The van der Waals surface area contributed by atoms with Crippen LogP contribution in [0.1, 0.15) is 38.5 Å². The molecule has 0 amide bonds. The molecule has 2 rings (SSSR count). The largest absolute Gasteiger partial charge is 0.354 e. The van der Waals surface area contributed by atoms with Gasteiger partial charge in [-0.25, -0.2) is 9.97 Å². The molecule has 104 valence electrons. The number of anilines is 1. The maximum Gasteiger partial charge on any atom is 0.225 e. The molecule has 0 saturated heterocycles. The number of rotatable bonds is 7. The van der Waals surface area contributed by atoms with Crippen molar-refractivity contribution >= 4 is 39.3 Å². The Balaban J connectivity index is 2.35. The third-order valence-corrected chi connectivity index (χ3v) is 5.08. The number of nitrogens with one attached hydrogen (secondary N) is 1. The number of hydrogen-bond donors (Lipinski definition) is 1. The number of fused-ring (bicyclic) bond motifs is 1. The molecule has 1 N–H and O–H groups in total. The summed E-state index contributed by atoms with van der Waals surface area (Å²) in [4.78, 5) is 11.8.